The highest BCUT2D eigenvalue weighted by molar-refractivity contribution is 7.90. The van der Waals surface area contributed by atoms with E-state index in [-0.39, 0.29) is 6.04 Å². The van der Waals surface area contributed by atoms with Gasteiger partial charge in [-0.05, 0) is 43.4 Å². The molecule has 1 saturated carbocycles. The normalized spacial score (nSPS) is 16.7. The molecule has 0 aliphatic heterocycles. The molecule has 0 radical (unpaired) electrons. The third-order valence-electron chi connectivity index (χ3n) is 3.63. The lowest BCUT2D eigenvalue weighted by Gasteiger charge is -2.15. The fourth-order valence-corrected chi connectivity index (χ4v) is 3.68. The van der Waals surface area contributed by atoms with Gasteiger partial charge in [-0.2, -0.15) is 13.1 Å². The Balaban J connectivity index is 2.10. The van der Waals surface area contributed by atoms with E-state index in [0.717, 1.165) is 43.2 Å². The Hall–Kier alpha value is -1.07. The van der Waals surface area contributed by atoms with E-state index in [1.54, 1.807) is 0 Å². The van der Waals surface area contributed by atoms with Crippen molar-refractivity contribution in [2.24, 2.45) is 0 Å². The van der Waals surface area contributed by atoms with Crippen LogP contribution in [-0.2, 0) is 16.6 Å². The van der Waals surface area contributed by atoms with Crippen molar-refractivity contribution in [1.82, 2.24) is 4.72 Å². The van der Waals surface area contributed by atoms with Gasteiger partial charge in [0.1, 0.15) is 0 Å². The lowest BCUT2D eigenvalue weighted by molar-refractivity contribution is 0.557. The average molecular weight is 282 g/mol. The summed E-state index contributed by atoms with van der Waals surface area (Å²) in [5, 5.41) is 0. The fraction of sp³-hybridized carbons (Fsp3) is 0.571. The van der Waals surface area contributed by atoms with Gasteiger partial charge in [0.15, 0.2) is 0 Å². The predicted octanol–water partition coefficient (Wildman–Crippen LogP) is 2.75. The maximum atomic E-state index is 12.1. The van der Waals surface area contributed by atoms with E-state index in [1.807, 2.05) is 25.1 Å². The van der Waals surface area contributed by atoms with Crippen LogP contribution in [0.1, 0.15) is 43.7 Å². The van der Waals surface area contributed by atoms with Gasteiger partial charge < -0.3 is 0 Å². The first kappa shape index (κ1) is 14.3. The minimum Gasteiger partial charge on any atom is -0.271 e. The summed E-state index contributed by atoms with van der Waals surface area (Å²) in [4.78, 5) is 0. The van der Waals surface area contributed by atoms with Crippen molar-refractivity contribution in [2.75, 3.05) is 4.72 Å². The molecular weight excluding hydrogens is 260 g/mol. The van der Waals surface area contributed by atoms with Crippen molar-refractivity contribution < 1.29 is 8.42 Å². The van der Waals surface area contributed by atoms with E-state index in [0.29, 0.717) is 5.69 Å². The Labute approximate surface area is 115 Å². The van der Waals surface area contributed by atoms with Crippen LogP contribution < -0.4 is 9.44 Å². The monoisotopic (exact) mass is 282 g/mol. The van der Waals surface area contributed by atoms with Crippen LogP contribution in [0.4, 0.5) is 5.69 Å². The highest BCUT2D eigenvalue weighted by atomic mass is 32.2. The predicted molar refractivity (Wildman–Crippen MR) is 78.5 cm³/mol. The fourth-order valence-electron chi connectivity index (χ4n) is 2.44. The molecule has 1 aliphatic carbocycles. The van der Waals surface area contributed by atoms with Crippen LogP contribution >= 0.6 is 0 Å². The molecule has 0 heterocycles. The number of nitrogens with one attached hydrogen (secondary N) is 2. The zero-order chi connectivity index (χ0) is 13.9. The highest BCUT2D eigenvalue weighted by Crippen LogP contribution is 2.21. The molecule has 4 nitrogen and oxygen atoms in total. The summed E-state index contributed by atoms with van der Waals surface area (Å²) in [6.45, 7) is 3.96. The van der Waals surface area contributed by atoms with Gasteiger partial charge in [-0.3, -0.25) is 4.72 Å². The summed E-state index contributed by atoms with van der Waals surface area (Å²) in [6.07, 6.45) is 4.99. The Morgan fingerprint density at radius 1 is 1.26 bits per heavy atom. The van der Waals surface area contributed by atoms with Crippen LogP contribution in [0.2, 0.25) is 0 Å². The first-order valence-corrected chi connectivity index (χ1v) is 8.38. The quantitative estimate of drug-likeness (QED) is 0.872. The van der Waals surface area contributed by atoms with Crippen LogP contribution in [-0.4, -0.2) is 14.5 Å². The molecule has 2 rings (SSSR count). The number of hydrogen-bond acceptors (Lipinski definition) is 2. The standard InChI is InChI=1S/C14H22N2O2S/c1-3-12-9-8-11(2)14(10-12)16-19(17,18)15-13-6-4-5-7-13/h8-10,13,15-16H,3-7H2,1-2H3. The van der Waals surface area contributed by atoms with Gasteiger partial charge in [0.05, 0.1) is 5.69 Å². The van der Waals surface area contributed by atoms with Gasteiger partial charge in [-0.15, -0.1) is 0 Å². The average Bonchev–Trinajstić information content (AvgIpc) is 2.83. The van der Waals surface area contributed by atoms with Crippen molar-refractivity contribution in [3.05, 3.63) is 29.3 Å². The van der Waals surface area contributed by atoms with Gasteiger partial charge in [0.25, 0.3) is 10.2 Å². The summed E-state index contributed by atoms with van der Waals surface area (Å²) in [5.41, 5.74) is 2.74. The van der Waals surface area contributed by atoms with Gasteiger partial charge in [-0.25, -0.2) is 0 Å². The van der Waals surface area contributed by atoms with Crippen LogP contribution in [0.3, 0.4) is 0 Å². The molecule has 0 saturated heterocycles. The molecule has 1 fully saturated rings. The Kier molecular flexibility index (Phi) is 4.47. The molecule has 5 heteroatoms. The molecule has 0 aromatic heterocycles. The van der Waals surface area contributed by atoms with E-state index < -0.39 is 10.2 Å². The summed E-state index contributed by atoms with van der Waals surface area (Å²) in [5.74, 6) is 0. The number of anilines is 1. The minimum absolute atomic E-state index is 0.0900. The Morgan fingerprint density at radius 3 is 2.58 bits per heavy atom. The van der Waals surface area contributed by atoms with Gasteiger partial charge in [0.2, 0.25) is 0 Å². The largest absolute Gasteiger partial charge is 0.299 e. The van der Waals surface area contributed by atoms with E-state index in [1.165, 1.54) is 0 Å². The topological polar surface area (TPSA) is 58.2 Å². The summed E-state index contributed by atoms with van der Waals surface area (Å²) < 4.78 is 29.5. The molecule has 1 aromatic carbocycles. The van der Waals surface area contributed by atoms with Crippen molar-refractivity contribution in [3.63, 3.8) is 0 Å². The van der Waals surface area contributed by atoms with Crippen molar-refractivity contribution in [3.8, 4) is 0 Å². The summed E-state index contributed by atoms with van der Waals surface area (Å²) in [6, 6.07) is 5.97. The van der Waals surface area contributed by atoms with Crippen LogP contribution in [0.5, 0.6) is 0 Å². The lowest BCUT2D eigenvalue weighted by atomic mass is 10.1. The molecule has 0 unspecified atom stereocenters. The van der Waals surface area contributed by atoms with Crippen LogP contribution in [0, 0.1) is 6.92 Å². The molecule has 0 spiro atoms. The molecule has 2 N–H and O–H groups in total. The second-order valence-corrected chi connectivity index (χ2v) is 6.65. The number of hydrogen-bond donors (Lipinski definition) is 2. The molecule has 19 heavy (non-hydrogen) atoms. The maximum Gasteiger partial charge on any atom is 0.299 e. The van der Waals surface area contributed by atoms with E-state index in [2.05, 4.69) is 16.4 Å². The van der Waals surface area contributed by atoms with Gasteiger partial charge in [-0.1, -0.05) is 31.9 Å². The zero-order valence-corrected chi connectivity index (χ0v) is 12.4. The smallest absolute Gasteiger partial charge is 0.271 e. The van der Waals surface area contributed by atoms with Crippen molar-refractivity contribution >= 4 is 15.9 Å². The maximum absolute atomic E-state index is 12.1. The van der Waals surface area contributed by atoms with Crippen LogP contribution in [0.15, 0.2) is 18.2 Å². The van der Waals surface area contributed by atoms with E-state index >= 15 is 0 Å². The van der Waals surface area contributed by atoms with E-state index in [4.69, 9.17) is 0 Å². The molecule has 106 valence electrons. The summed E-state index contributed by atoms with van der Waals surface area (Å²) in [7, 11) is -3.47. The molecule has 0 bridgehead atoms. The lowest BCUT2D eigenvalue weighted by Crippen LogP contribution is -2.37. The molecule has 0 atom stereocenters. The highest BCUT2D eigenvalue weighted by Gasteiger charge is 2.21. The minimum atomic E-state index is -3.47. The van der Waals surface area contributed by atoms with Gasteiger partial charge in [0, 0.05) is 6.04 Å². The third-order valence-corrected chi connectivity index (χ3v) is 4.76. The molecule has 0 amide bonds. The number of aryl methyl sites for hydroxylation is 2. The Morgan fingerprint density at radius 2 is 1.95 bits per heavy atom. The SMILES string of the molecule is CCc1ccc(C)c(NS(=O)(=O)NC2CCCC2)c1. The number of rotatable bonds is 5. The second kappa shape index (κ2) is 5.92. The first-order valence-electron chi connectivity index (χ1n) is 6.90. The third kappa shape index (κ3) is 3.94. The molecule has 1 aliphatic rings. The van der Waals surface area contributed by atoms with Crippen molar-refractivity contribution in [1.29, 1.82) is 0 Å². The summed E-state index contributed by atoms with van der Waals surface area (Å²) >= 11 is 0. The molecule has 1 aromatic rings. The van der Waals surface area contributed by atoms with Crippen molar-refractivity contribution in [2.45, 2.75) is 52.0 Å². The van der Waals surface area contributed by atoms with Crippen LogP contribution in [0.25, 0.3) is 0 Å². The Bertz CT molecular complexity index is 534. The van der Waals surface area contributed by atoms with E-state index in [9.17, 15) is 8.42 Å². The second-order valence-electron chi connectivity index (χ2n) is 5.21. The number of benzene rings is 1. The van der Waals surface area contributed by atoms with Gasteiger partial charge >= 0.3 is 0 Å². The first-order chi connectivity index (χ1) is 9.00. The molecular formula is C14H22N2O2S. The zero-order valence-electron chi connectivity index (χ0n) is 11.6.